The third-order valence-electron chi connectivity index (χ3n) is 2.53. The van der Waals surface area contributed by atoms with Crippen molar-refractivity contribution in [1.29, 1.82) is 0 Å². The van der Waals surface area contributed by atoms with Gasteiger partial charge in [0.1, 0.15) is 17.8 Å². The molecule has 2 rings (SSSR count). The van der Waals surface area contributed by atoms with E-state index in [9.17, 15) is 5.11 Å². The van der Waals surface area contributed by atoms with Gasteiger partial charge < -0.3 is 19.7 Å². The number of ether oxygens (including phenoxy) is 2. The Hall–Kier alpha value is -0.160. The lowest BCUT2D eigenvalue weighted by molar-refractivity contribution is -0.187. The van der Waals surface area contributed by atoms with Crippen molar-refractivity contribution in [3.63, 3.8) is 0 Å². The molecule has 2 aliphatic heterocycles. The molecule has 0 aromatic carbocycles. The summed E-state index contributed by atoms with van der Waals surface area (Å²) >= 11 is 0. The molecule has 0 aromatic rings. The second-order valence-electron chi connectivity index (χ2n) is 3.14. The van der Waals surface area contributed by atoms with Gasteiger partial charge >= 0.3 is 0 Å². The lowest BCUT2D eigenvalue weighted by atomic mass is 9.89. The number of aliphatic hydroxyl groups excluding tert-OH is 2. The van der Waals surface area contributed by atoms with Crippen molar-refractivity contribution in [3.05, 3.63) is 0 Å². The SMILES string of the molecule is OCC1OCC2(CCO2)C1O. The van der Waals surface area contributed by atoms with Crippen LogP contribution in [0, 0.1) is 0 Å². The van der Waals surface area contributed by atoms with E-state index >= 15 is 0 Å². The Morgan fingerprint density at radius 2 is 2.27 bits per heavy atom. The van der Waals surface area contributed by atoms with Crippen LogP contribution in [-0.2, 0) is 9.47 Å². The minimum Gasteiger partial charge on any atom is -0.394 e. The van der Waals surface area contributed by atoms with Crippen molar-refractivity contribution < 1.29 is 19.7 Å². The van der Waals surface area contributed by atoms with Crippen LogP contribution < -0.4 is 0 Å². The average molecular weight is 160 g/mol. The van der Waals surface area contributed by atoms with Gasteiger partial charge in [-0.15, -0.1) is 0 Å². The van der Waals surface area contributed by atoms with Crippen molar-refractivity contribution in [1.82, 2.24) is 0 Å². The van der Waals surface area contributed by atoms with Crippen molar-refractivity contribution in [2.75, 3.05) is 19.8 Å². The van der Waals surface area contributed by atoms with Gasteiger partial charge in [-0.2, -0.15) is 0 Å². The molecule has 2 N–H and O–H groups in total. The summed E-state index contributed by atoms with van der Waals surface area (Å²) in [5.74, 6) is 0. The summed E-state index contributed by atoms with van der Waals surface area (Å²) in [6, 6.07) is 0. The molecule has 0 aromatic heterocycles. The number of aliphatic hydroxyl groups is 2. The molecular weight excluding hydrogens is 148 g/mol. The van der Waals surface area contributed by atoms with Crippen LogP contribution in [-0.4, -0.2) is 47.8 Å². The fourth-order valence-electron chi connectivity index (χ4n) is 1.63. The first kappa shape index (κ1) is 7.49. The summed E-state index contributed by atoms with van der Waals surface area (Å²) < 4.78 is 10.4. The monoisotopic (exact) mass is 160 g/mol. The van der Waals surface area contributed by atoms with Crippen molar-refractivity contribution in [3.8, 4) is 0 Å². The smallest absolute Gasteiger partial charge is 0.122 e. The average Bonchev–Trinajstić information content (AvgIpc) is 2.25. The van der Waals surface area contributed by atoms with Crippen molar-refractivity contribution >= 4 is 0 Å². The molecule has 0 radical (unpaired) electrons. The van der Waals surface area contributed by atoms with Gasteiger partial charge in [-0.1, -0.05) is 0 Å². The van der Waals surface area contributed by atoms with Gasteiger partial charge in [0.2, 0.25) is 0 Å². The van der Waals surface area contributed by atoms with E-state index in [0.717, 1.165) is 6.42 Å². The number of hydrogen-bond acceptors (Lipinski definition) is 4. The Morgan fingerprint density at radius 1 is 1.55 bits per heavy atom. The normalized spacial score (nSPS) is 49.6. The Kier molecular flexibility index (Phi) is 1.64. The molecule has 2 heterocycles. The fourth-order valence-corrected chi connectivity index (χ4v) is 1.63. The Morgan fingerprint density at radius 3 is 2.55 bits per heavy atom. The molecule has 0 saturated carbocycles. The summed E-state index contributed by atoms with van der Waals surface area (Å²) in [4.78, 5) is 0. The summed E-state index contributed by atoms with van der Waals surface area (Å²) in [6.07, 6.45) is -0.262. The Bertz CT molecular complexity index is 155. The molecular formula is C7H12O4. The van der Waals surface area contributed by atoms with E-state index in [1.54, 1.807) is 0 Å². The van der Waals surface area contributed by atoms with Gasteiger partial charge in [0.25, 0.3) is 0 Å². The van der Waals surface area contributed by atoms with E-state index in [1.807, 2.05) is 0 Å². The predicted octanol–water partition coefficient (Wildman–Crippen LogP) is -1.10. The number of rotatable bonds is 1. The molecule has 0 bridgehead atoms. The fraction of sp³-hybridized carbons (Fsp3) is 1.00. The largest absolute Gasteiger partial charge is 0.394 e. The molecule has 2 aliphatic rings. The molecule has 11 heavy (non-hydrogen) atoms. The van der Waals surface area contributed by atoms with Gasteiger partial charge in [0.15, 0.2) is 0 Å². The Labute approximate surface area is 64.7 Å². The molecule has 0 amide bonds. The first-order valence-corrected chi connectivity index (χ1v) is 3.83. The zero-order valence-electron chi connectivity index (χ0n) is 6.19. The topological polar surface area (TPSA) is 58.9 Å². The van der Waals surface area contributed by atoms with Gasteiger partial charge in [0, 0.05) is 6.42 Å². The predicted molar refractivity (Wildman–Crippen MR) is 36.1 cm³/mol. The molecule has 64 valence electrons. The second-order valence-corrected chi connectivity index (χ2v) is 3.14. The maximum Gasteiger partial charge on any atom is 0.122 e. The van der Waals surface area contributed by atoms with Gasteiger partial charge in [0.05, 0.1) is 19.8 Å². The summed E-state index contributed by atoms with van der Waals surface area (Å²) in [5.41, 5.74) is -0.479. The molecule has 2 saturated heterocycles. The van der Waals surface area contributed by atoms with E-state index in [1.165, 1.54) is 0 Å². The van der Waals surface area contributed by atoms with Gasteiger partial charge in [-0.3, -0.25) is 0 Å². The van der Waals surface area contributed by atoms with E-state index < -0.39 is 17.8 Å². The second kappa shape index (κ2) is 2.42. The summed E-state index contributed by atoms with van der Waals surface area (Å²) in [7, 11) is 0. The minimum atomic E-state index is -0.652. The van der Waals surface area contributed by atoms with Gasteiger partial charge in [-0.05, 0) is 0 Å². The van der Waals surface area contributed by atoms with E-state index in [4.69, 9.17) is 14.6 Å². The molecule has 4 heteroatoms. The summed E-state index contributed by atoms with van der Waals surface area (Å²) in [5, 5.41) is 18.3. The van der Waals surface area contributed by atoms with E-state index in [-0.39, 0.29) is 6.61 Å². The third kappa shape index (κ3) is 0.906. The summed E-state index contributed by atoms with van der Waals surface area (Å²) in [6.45, 7) is 0.976. The van der Waals surface area contributed by atoms with Crippen LogP contribution in [0.15, 0.2) is 0 Å². The van der Waals surface area contributed by atoms with E-state index in [2.05, 4.69) is 0 Å². The minimum absolute atomic E-state index is 0.133. The van der Waals surface area contributed by atoms with Crippen LogP contribution in [0.3, 0.4) is 0 Å². The molecule has 3 atom stereocenters. The van der Waals surface area contributed by atoms with Crippen LogP contribution in [0.4, 0.5) is 0 Å². The third-order valence-corrected chi connectivity index (χ3v) is 2.53. The van der Waals surface area contributed by atoms with Gasteiger partial charge in [-0.25, -0.2) is 0 Å². The van der Waals surface area contributed by atoms with Crippen LogP contribution in [0.1, 0.15) is 6.42 Å². The quantitative estimate of drug-likeness (QED) is 0.511. The van der Waals surface area contributed by atoms with Crippen LogP contribution in [0.5, 0.6) is 0 Å². The van der Waals surface area contributed by atoms with E-state index in [0.29, 0.717) is 13.2 Å². The molecule has 1 spiro atoms. The molecule has 2 fully saturated rings. The molecule has 3 unspecified atom stereocenters. The highest BCUT2D eigenvalue weighted by Crippen LogP contribution is 2.37. The van der Waals surface area contributed by atoms with Crippen LogP contribution in [0.25, 0.3) is 0 Å². The van der Waals surface area contributed by atoms with Crippen molar-refractivity contribution in [2.24, 2.45) is 0 Å². The zero-order chi connectivity index (χ0) is 7.90. The first-order chi connectivity index (χ1) is 5.28. The lowest BCUT2D eigenvalue weighted by Crippen LogP contribution is -2.54. The number of hydrogen-bond donors (Lipinski definition) is 2. The van der Waals surface area contributed by atoms with Crippen LogP contribution in [0.2, 0.25) is 0 Å². The molecule has 0 aliphatic carbocycles. The first-order valence-electron chi connectivity index (χ1n) is 3.83. The van der Waals surface area contributed by atoms with Crippen molar-refractivity contribution in [2.45, 2.75) is 24.2 Å². The lowest BCUT2D eigenvalue weighted by Gasteiger charge is -2.40. The highest BCUT2D eigenvalue weighted by molar-refractivity contribution is 5.02. The molecule has 4 nitrogen and oxygen atoms in total. The maximum absolute atomic E-state index is 9.55. The standard InChI is InChI=1S/C7H12O4/c8-3-5-6(9)7(4-10-5)1-2-11-7/h5-6,8-9H,1-4H2. The zero-order valence-corrected chi connectivity index (χ0v) is 6.19. The maximum atomic E-state index is 9.55. The highest BCUT2D eigenvalue weighted by atomic mass is 16.6. The Balaban J connectivity index is 2.05. The van der Waals surface area contributed by atoms with Crippen LogP contribution >= 0.6 is 0 Å². The highest BCUT2D eigenvalue weighted by Gasteiger charge is 2.53.